The number of nitrogens with one attached hydrogen (secondary N) is 2. The molecular formula is C23H25N3O2. The lowest BCUT2D eigenvalue weighted by atomic mass is 9.84. The predicted octanol–water partition coefficient (Wildman–Crippen LogP) is 4.75. The highest BCUT2D eigenvalue weighted by atomic mass is 16.5. The molecule has 0 saturated heterocycles. The predicted molar refractivity (Wildman–Crippen MR) is 108 cm³/mol. The second-order valence-corrected chi connectivity index (χ2v) is 7.97. The molecule has 0 radical (unpaired) electrons. The summed E-state index contributed by atoms with van der Waals surface area (Å²) in [5.41, 5.74) is 4.02. The highest BCUT2D eigenvalue weighted by molar-refractivity contribution is 5.80. The van der Waals surface area contributed by atoms with Crippen LogP contribution in [0.15, 0.2) is 59.8 Å². The molecule has 0 aromatic heterocycles. The minimum atomic E-state index is -0.474. The first kappa shape index (κ1) is 19.5. The molecule has 2 N–H and O–H groups in total. The van der Waals surface area contributed by atoms with Crippen LogP contribution in [-0.2, 0) is 6.61 Å². The minimum absolute atomic E-state index is 0.297. The number of carbonyl (C=O) groups is 1. The molecule has 3 rings (SSSR count). The molecule has 28 heavy (non-hydrogen) atoms. The summed E-state index contributed by atoms with van der Waals surface area (Å²) >= 11 is 0. The molecule has 1 aliphatic heterocycles. The van der Waals surface area contributed by atoms with Gasteiger partial charge >= 0.3 is 6.03 Å². The second kappa shape index (κ2) is 7.77. The van der Waals surface area contributed by atoms with Crippen molar-refractivity contribution in [3.05, 3.63) is 76.5 Å². The van der Waals surface area contributed by atoms with Crippen molar-refractivity contribution < 1.29 is 9.53 Å². The van der Waals surface area contributed by atoms with Crippen molar-refractivity contribution >= 4 is 6.03 Å². The van der Waals surface area contributed by atoms with Crippen molar-refractivity contribution in [2.45, 2.75) is 40.3 Å². The Bertz CT molecular complexity index is 947. The number of rotatable bonds is 4. The van der Waals surface area contributed by atoms with E-state index in [-0.39, 0.29) is 11.4 Å². The Morgan fingerprint density at radius 1 is 1.11 bits per heavy atom. The number of amides is 2. The molecule has 2 amide bonds. The van der Waals surface area contributed by atoms with Gasteiger partial charge in [0.2, 0.25) is 0 Å². The topological polar surface area (TPSA) is 74.2 Å². The Labute approximate surface area is 166 Å². The lowest BCUT2D eigenvalue weighted by Gasteiger charge is -2.33. The molecule has 0 bridgehead atoms. The van der Waals surface area contributed by atoms with Crippen LogP contribution in [0.4, 0.5) is 4.79 Å². The number of allylic oxidation sites excluding steroid dienone is 1. The van der Waals surface area contributed by atoms with Crippen LogP contribution in [0.1, 0.15) is 43.5 Å². The molecular weight excluding hydrogens is 350 g/mol. The van der Waals surface area contributed by atoms with Gasteiger partial charge in [0.25, 0.3) is 0 Å². The molecule has 0 unspecified atom stereocenters. The number of urea groups is 1. The number of nitriles is 1. The molecule has 2 aromatic carbocycles. The van der Waals surface area contributed by atoms with E-state index in [9.17, 15) is 10.1 Å². The van der Waals surface area contributed by atoms with E-state index >= 15 is 0 Å². The summed E-state index contributed by atoms with van der Waals surface area (Å²) in [5, 5.41) is 15.4. The highest BCUT2D eigenvalue weighted by Gasteiger charge is 2.33. The number of nitrogens with zero attached hydrogens (tertiary/aromatic N) is 1. The molecule has 0 fully saturated rings. The van der Waals surface area contributed by atoms with E-state index < -0.39 is 6.04 Å². The largest absolute Gasteiger partial charge is 0.489 e. The van der Waals surface area contributed by atoms with Gasteiger partial charge in [0.05, 0.1) is 17.7 Å². The van der Waals surface area contributed by atoms with Crippen molar-refractivity contribution in [3.8, 4) is 11.8 Å². The van der Waals surface area contributed by atoms with Crippen LogP contribution in [0.25, 0.3) is 0 Å². The fraction of sp³-hybridized carbons (Fsp3) is 0.304. The molecule has 0 saturated carbocycles. The van der Waals surface area contributed by atoms with Crippen molar-refractivity contribution in [2.75, 3.05) is 0 Å². The first-order valence-electron chi connectivity index (χ1n) is 9.29. The molecule has 1 aliphatic rings. The number of hydrogen-bond donors (Lipinski definition) is 2. The van der Waals surface area contributed by atoms with E-state index in [1.165, 1.54) is 5.56 Å². The van der Waals surface area contributed by atoms with Crippen molar-refractivity contribution in [1.29, 1.82) is 5.26 Å². The van der Waals surface area contributed by atoms with Crippen LogP contribution in [0, 0.1) is 23.7 Å². The van der Waals surface area contributed by atoms with E-state index in [2.05, 4.69) is 29.7 Å². The van der Waals surface area contributed by atoms with Gasteiger partial charge in [-0.2, -0.15) is 5.26 Å². The monoisotopic (exact) mass is 375 g/mol. The van der Waals surface area contributed by atoms with Gasteiger partial charge in [-0.25, -0.2) is 4.79 Å². The maximum absolute atomic E-state index is 12.1. The van der Waals surface area contributed by atoms with Crippen LogP contribution in [0.2, 0.25) is 0 Å². The molecule has 0 spiro atoms. The molecule has 1 heterocycles. The summed E-state index contributed by atoms with van der Waals surface area (Å²) < 4.78 is 5.89. The minimum Gasteiger partial charge on any atom is -0.489 e. The summed E-state index contributed by atoms with van der Waals surface area (Å²) in [7, 11) is 0. The van der Waals surface area contributed by atoms with Crippen molar-refractivity contribution in [1.82, 2.24) is 10.6 Å². The number of aryl methyl sites for hydroxylation is 1. The first-order chi connectivity index (χ1) is 13.3. The number of ether oxygens (including phenoxy) is 1. The number of hydrogen-bond acceptors (Lipinski definition) is 3. The van der Waals surface area contributed by atoms with Crippen LogP contribution in [-0.4, -0.2) is 6.03 Å². The quantitative estimate of drug-likeness (QED) is 0.810. The van der Waals surface area contributed by atoms with E-state index in [4.69, 9.17) is 4.74 Å². The van der Waals surface area contributed by atoms with Crippen molar-refractivity contribution in [2.24, 2.45) is 5.41 Å². The van der Waals surface area contributed by atoms with Gasteiger partial charge in [0.1, 0.15) is 12.4 Å². The normalized spacial score (nSPS) is 16.8. The summed E-state index contributed by atoms with van der Waals surface area (Å²) in [6, 6.07) is 17.1. The van der Waals surface area contributed by atoms with E-state index in [0.717, 1.165) is 16.9 Å². The second-order valence-electron chi connectivity index (χ2n) is 7.97. The average Bonchev–Trinajstić information content (AvgIpc) is 2.66. The molecule has 144 valence electrons. The van der Waals surface area contributed by atoms with E-state index in [0.29, 0.717) is 17.9 Å². The fourth-order valence-electron chi connectivity index (χ4n) is 3.22. The lowest BCUT2D eigenvalue weighted by molar-refractivity contribution is 0.235. The average molecular weight is 375 g/mol. The standard InChI is InChI=1S/C23H25N3O2/c1-15-7-5-6-8-17(15)14-28-18-11-9-16(10-12-18)20-19(13-24)21(23(2,3)4)26-22(27)25-20/h5-12,20H,14H2,1-4H3,(H2,25,26,27)/t20-/m1/s1. The van der Waals surface area contributed by atoms with Gasteiger partial charge in [0.15, 0.2) is 0 Å². The van der Waals surface area contributed by atoms with Crippen LogP contribution in [0.3, 0.4) is 0 Å². The summed E-state index contributed by atoms with van der Waals surface area (Å²) in [4.78, 5) is 12.1. The summed E-state index contributed by atoms with van der Waals surface area (Å²) in [6.07, 6.45) is 0. The van der Waals surface area contributed by atoms with Gasteiger partial charge in [-0.1, -0.05) is 57.2 Å². The van der Waals surface area contributed by atoms with Gasteiger partial charge in [-0.05, 0) is 35.7 Å². The van der Waals surface area contributed by atoms with Crippen LogP contribution >= 0.6 is 0 Å². The Morgan fingerprint density at radius 3 is 2.39 bits per heavy atom. The molecule has 1 atom stereocenters. The summed E-state index contributed by atoms with van der Waals surface area (Å²) in [5.74, 6) is 0.741. The van der Waals surface area contributed by atoms with Gasteiger partial charge in [0, 0.05) is 11.1 Å². The van der Waals surface area contributed by atoms with Gasteiger partial charge in [-0.15, -0.1) is 0 Å². The maximum Gasteiger partial charge on any atom is 0.319 e. The van der Waals surface area contributed by atoms with Crippen molar-refractivity contribution in [3.63, 3.8) is 0 Å². The zero-order valence-corrected chi connectivity index (χ0v) is 16.7. The first-order valence-corrected chi connectivity index (χ1v) is 9.29. The zero-order chi connectivity index (χ0) is 20.3. The van der Waals surface area contributed by atoms with Gasteiger partial charge < -0.3 is 15.4 Å². The highest BCUT2D eigenvalue weighted by Crippen LogP contribution is 2.34. The van der Waals surface area contributed by atoms with Gasteiger partial charge in [-0.3, -0.25) is 0 Å². The Balaban J connectivity index is 1.81. The van der Waals surface area contributed by atoms with E-state index in [1.54, 1.807) is 0 Å². The molecule has 5 nitrogen and oxygen atoms in total. The smallest absolute Gasteiger partial charge is 0.319 e. The molecule has 2 aromatic rings. The Morgan fingerprint density at radius 2 is 1.79 bits per heavy atom. The lowest BCUT2D eigenvalue weighted by Crippen LogP contribution is -2.46. The Kier molecular flexibility index (Phi) is 5.41. The molecule has 0 aliphatic carbocycles. The molecule has 5 heteroatoms. The van der Waals surface area contributed by atoms with E-state index in [1.807, 2.05) is 63.2 Å². The third-order valence-electron chi connectivity index (χ3n) is 4.81. The third kappa shape index (κ3) is 4.17. The maximum atomic E-state index is 12.1. The van der Waals surface area contributed by atoms with Crippen LogP contribution < -0.4 is 15.4 Å². The third-order valence-corrected chi connectivity index (χ3v) is 4.81. The SMILES string of the molecule is Cc1ccccc1COc1ccc([C@H]2NC(=O)NC(C(C)(C)C)=C2C#N)cc1. The summed E-state index contributed by atoms with van der Waals surface area (Å²) in [6.45, 7) is 8.48. The van der Waals surface area contributed by atoms with Crippen LogP contribution in [0.5, 0.6) is 5.75 Å². The Hall–Kier alpha value is -3.26. The number of benzene rings is 2. The zero-order valence-electron chi connectivity index (χ0n) is 16.7. The number of carbonyl (C=O) groups excluding carboxylic acids is 1. The fourth-order valence-corrected chi connectivity index (χ4v) is 3.22.